The summed E-state index contributed by atoms with van der Waals surface area (Å²) in [7, 11) is 0. The summed E-state index contributed by atoms with van der Waals surface area (Å²) in [6.45, 7) is 4.39. The molecule has 1 amide bonds. The molecule has 4 heterocycles. The smallest absolute Gasteiger partial charge is 0.244 e. The van der Waals surface area contributed by atoms with E-state index in [4.69, 9.17) is 4.52 Å². The van der Waals surface area contributed by atoms with Crippen LogP contribution >= 0.6 is 0 Å². The standard InChI is InChI=1S/C18H23N5O2/c1-13(24)22-11-6-15(7-12-22)23-10-2-3-16(23)18-20-17(21-25-18)14-4-8-19-9-5-14/h4-5,8-9,15-16H,2-3,6-7,10-12H2,1H3. The fourth-order valence-electron chi connectivity index (χ4n) is 3.99. The predicted molar refractivity (Wildman–Crippen MR) is 91.5 cm³/mol. The van der Waals surface area contributed by atoms with Gasteiger partial charge in [-0.05, 0) is 44.4 Å². The minimum Gasteiger partial charge on any atom is -0.343 e. The fraction of sp³-hybridized carbons (Fsp3) is 0.556. The average Bonchev–Trinajstić information content (AvgIpc) is 3.32. The monoisotopic (exact) mass is 341 g/mol. The third kappa shape index (κ3) is 3.28. The zero-order valence-corrected chi connectivity index (χ0v) is 14.5. The van der Waals surface area contributed by atoms with Crippen molar-refractivity contribution in [2.75, 3.05) is 19.6 Å². The predicted octanol–water partition coefficient (Wildman–Crippen LogP) is 2.28. The van der Waals surface area contributed by atoms with Crippen molar-refractivity contribution in [3.63, 3.8) is 0 Å². The van der Waals surface area contributed by atoms with Crippen LogP contribution in [0, 0.1) is 0 Å². The van der Waals surface area contributed by atoms with Crippen LogP contribution in [-0.4, -0.2) is 56.5 Å². The Bertz CT molecular complexity index is 724. The van der Waals surface area contributed by atoms with Crippen molar-refractivity contribution in [1.29, 1.82) is 0 Å². The van der Waals surface area contributed by atoms with E-state index in [2.05, 4.69) is 20.0 Å². The van der Waals surface area contributed by atoms with Gasteiger partial charge in [-0.3, -0.25) is 14.7 Å². The molecule has 2 aliphatic heterocycles. The van der Waals surface area contributed by atoms with Gasteiger partial charge in [-0.15, -0.1) is 0 Å². The molecule has 0 radical (unpaired) electrons. The summed E-state index contributed by atoms with van der Waals surface area (Å²) >= 11 is 0. The van der Waals surface area contributed by atoms with Crippen molar-refractivity contribution in [2.24, 2.45) is 0 Å². The first-order valence-corrected chi connectivity index (χ1v) is 8.97. The van der Waals surface area contributed by atoms with Crippen LogP contribution in [-0.2, 0) is 4.79 Å². The molecule has 25 heavy (non-hydrogen) atoms. The summed E-state index contributed by atoms with van der Waals surface area (Å²) in [5.41, 5.74) is 0.921. The lowest BCUT2D eigenvalue weighted by atomic mass is 10.0. The van der Waals surface area contributed by atoms with Crippen molar-refractivity contribution in [3.8, 4) is 11.4 Å². The molecule has 0 aromatic carbocycles. The van der Waals surface area contributed by atoms with Crippen LogP contribution < -0.4 is 0 Å². The van der Waals surface area contributed by atoms with Gasteiger partial charge in [0.2, 0.25) is 17.6 Å². The highest BCUT2D eigenvalue weighted by Gasteiger charge is 2.37. The number of hydrogen-bond acceptors (Lipinski definition) is 6. The number of amides is 1. The molecule has 0 spiro atoms. The van der Waals surface area contributed by atoms with Crippen molar-refractivity contribution < 1.29 is 9.32 Å². The molecule has 0 bridgehead atoms. The Labute approximate surface area is 147 Å². The Morgan fingerprint density at radius 2 is 1.92 bits per heavy atom. The zero-order chi connectivity index (χ0) is 17.2. The summed E-state index contributed by atoms with van der Waals surface area (Å²) in [5.74, 6) is 1.50. The highest BCUT2D eigenvalue weighted by molar-refractivity contribution is 5.73. The summed E-state index contributed by atoms with van der Waals surface area (Å²) in [5, 5.41) is 4.15. The highest BCUT2D eigenvalue weighted by atomic mass is 16.5. The molecule has 1 atom stereocenters. The molecule has 7 nitrogen and oxygen atoms in total. The minimum absolute atomic E-state index is 0.176. The Morgan fingerprint density at radius 1 is 1.16 bits per heavy atom. The van der Waals surface area contributed by atoms with E-state index >= 15 is 0 Å². The number of carbonyl (C=O) groups excluding carboxylic acids is 1. The van der Waals surface area contributed by atoms with Gasteiger partial charge in [-0.1, -0.05) is 5.16 Å². The first-order valence-electron chi connectivity index (χ1n) is 8.97. The molecular weight excluding hydrogens is 318 g/mol. The van der Waals surface area contributed by atoms with Crippen LogP contribution in [0.2, 0.25) is 0 Å². The van der Waals surface area contributed by atoms with Crippen LogP contribution in [0.15, 0.2) is 29.0 Å². The van der Waals surface area contributed by atoms with E-state index in [1.807, 2.05) is 17.0 Å². The topological polar surface area (TPSA) is 75.4 Å². The molecule has 2 aromatic heterocycles. The van der Waals surface area contributed by atoms with Crippen LogP contribution in [0.3, 0.4) is 0 Å². The lowest BCUT2D eigenvalue weighted by Gasteiger charge is -2.38. The zero-order valence-electron chi connectivity index (χ0n) is 14.5. The maximum Gasteiger partial charge on any atom is 0.244 e. The number of aromatic nitrogens is 3. The largest absolute Gasteiger partial charge is 0.343 e. The Balaban J connectivity index is 1.47. The molecule has 2 aliphatic rings. The quantitative estimate of drug-likeness (QED) is 0.852. The van der Waals surface area contributed by atoms with Crippen molar-refractivity contribution in [3.05, 3.63) is 30.4 Å². The molecule has 2 saturated heterocycles. The Hall–Kier alpha value is -2.28. The third-order valence-corrected chi connectivity index (χ3v) is 5.34. The van der Waals surface area contributed by atoms with Crippen molar-refractivity contribution >= 4 is 5.91 Å². The highest BCUT2D eigenvalue weighted by Crippen LogP contribution is 2.36. The molecular formula is C18H23N5O2. The maximum absolute atomic E-state index is 11.5. The van der Waals surface area contributed by atoms with Crippen LogP contribution in [0.5, 0.6) is 0 Å². The van der Waals surface area contributed by atoms with Crippen LogP contribution in [0.1, 0.15) is 44.5 Å². The molecule has 2 fully saturated rings. The second-order valence-corrected chi connectivity index (χ2v) is 6.83. The van der Waals surface area contributed by atoms with Gasteiger partial charge < -0.3 is 9.42 Å². The van der Waals surface area contributed by atoms with Gasteiger partial charge in [0.15, 0.2) is 0 Å². The van der Waals surface area contributed by atoms with E-state index in [1.54, 1.807) is 19.3 Å². The van der Waals surface area contributed by atoms with Gasteiger partial charge in [0, 0.05) is 44.0 Å². The fourth-order valence-corrected chi connectivity index (χ4v) is 3.99. The van der Waals surface area contributed by atoms with E-state index in [1.165, 1.54) is 0 Å². The van der Waals surface area contributed by atoms with Crippen LogP contribution in [0.4, 0.5) is 0 Å². The molecule has 7 heteroatoms. The van der Waals surface area contributed by atoms with Gasteiger partial charge in [0.1, 0.15) is 0 Å². The van der Waals surface area contributed by atoms with E-state index in [0.717, 1.165) is 50.9 Å². The molecule has 0 aliphatic carbocycles. The SMILES string of the molecule is CC(=O)N1CCC(N2CCCC2c2nc(-c3ccncc3)no2)CC1. The van der Waals surface area contributed by atoms with Gasteiger partial charge in [-0.2, -0.15) is 4.98 Å². The van der Waals surface area contributed by atoms with E-state index in [9.17, 15) is 4.79 Å². The number of piperidine rings is 1. The van der Waals surface area contributed by atoms with Gasteiger partial charge >= 0.3 is 0 Å². The van der Waals surface area contributed by atoms with Crippen molar-refractivity contribution in [2.45, 2.75) is 44.7 Å². The molecule has 2 aromatic rings. The second kappa shape index (κ2) is 6.92. The van der Waals surface area contributed by atoms with Crippen LogP contribution in [0.25, 0.3) is 11.4 Å². The maximum atomic E-state index is 11.5. The number of nitrogens with zero attached hydrogens (tertiary/aromatic N) is 5. The normalized spacial score (nSPS) is 22.4. The van der Waals surface area contributed by atoms with Crippen molar-refractivity contribution in [1.82, 2.24) is 24.9 Å². The first kappa shape index (κ1) is 16.2. The third-order valence-electron chi connectivity index (χ3n) is 5.34. The average molecular weight is 341 g/mol. The molecule has 0 saturated carbocycles. The number of carbonyl (C=O) groups is 1. The van der Waals surface area contributed by atoms with E-state index in [0.29, 0.717) is 17.8 Å². The lowest BCUT2D eigenvalue weighted by molar-refractivity contribution is -0.130. The number of hydrogen-bond donors (Lipinski definition) is 0. The molecule has 1 unspecified atom stereocenters. The van der Waals surface area contributed by atoms with Gasteiger partial charge in [0.05, 0.1) is 6.04 Å². The minimum atomic E-state index is 0.176. The van der Waals surface area contributed by atoms with E-state index < -0.39 is 0 Å². The number of rotatable bonds is 3. The molecule has 0 N–H and O–H groups in total. The molecule has 132 valence electrons. The Morgan fingerprint density at radius 3 is 2.64 bits per heavy atom. The first-order chi connectivity index (χ1) is 12.2. The lowest BCUT2D eigenvalue weighted by Crippen LogP contribution is -2.46. The number of likely N-dealkylation sites (tertiary alicyclic amines) is 2. The summed E-state index contributed by atoms with van der Waals surface area (Å²) in [6.07, 6.45) is 7.68. The van der Waals surface area contributed by atoms with E-state index in [-0.39, 0.29) is 11.9 Å². The molecule has 4 rings (SSSR count). The van der Waals surface area contributed by atoms with Gasteiger partial charge in [-0.25, -0.2) is 0 Å². The Kier molecular flexibility index (Phi) is 4.48. The summed E-state index contributed by atoms with van der Waals surface area (Å²) in [6, 6.07) is 4.45. The number of pyridine rings is 1. The summed E-state index contributed by atoms with van der Waals surface area (Å²) < 4.78 is 5.60. The van der Waals surface area contributed by atoms with Gasteiger partial charge in [0.25, 0.3) is 0 Å². The summed E-state index contributed by atoms with van der Waals surface area (Å²) in [4.78, 5) is 24.6. The second-order valence-electron chi connectivity index (χ2n) is 6.83.